The number of carbonyl (C=O) groups excluding carboxylic acids is 2. The maximum atomic E-state index is 13.2. The molecule has 3 aromatic rings. The van der Waals surface area contributed by atoms with Crippen molar-refractivity contribution in [3.63, 3.8) is 0 Å². The first-order valence-corrected chi connectivity index (χ1v) is 10.9. The molecular formula is C20H18FN3O2S2. The van der Waals surface area contributed by atoms with Crippen LogP contribution in [0.4, 0.5) is 9.39 Å². The third kappa shape index (κ3) is 3.83. The van der Waals surface area contributed by atoms with E-state index in [4.69, 9.17) is 5.73 Å². The summed E-state index contributed by atoms with van der Waals surface area (Å²) in [6.07, 6.45) is 1.59. The van der Waals surface area contributed by atoms with E-state index in [0.717, 1.165) is 4.90 Å². The van der Waals surface area contributed by atoms with E-state index in [9.17, 15) is 14.0 Å². The van der Waals surface area contributed by atoms with Gasteiger partial charge in [-0.15, -0.1) is 11.3 Å². The smallest absolute Gasteiger partial charge is 0.258 e. The van der Waals surface area contributed by atoms with Gasteiger partial charge >= 0.3 is 0 Å². The Kier molecular flexibility index (Phi) is 5.35. The highest BCUT2D eigenvalue weighted by Gasteiger charge is 2.20. The van der Waals surface area contributed by atoms with Crippen molar-refractivity contribution in [2.75, 3.05) is 5.32 Å². The number of rotatable bonds is 5. The zero-order valence-corrected chi connectivity index (χ0v) is 16.7. The summed E-state index contributed by atoms with van der Waals surface area (Å²) in [4.78, 5) is 29.4. The monoisotopic (exact) mass is 415 g/mol. The predicted octanol–water partition coefficient (Wildman–Crippen LogP) is 4.03. The van der Waals surface area contributed by atoms with Crippen molar-refractivity contribution >= 4 is 49.1 Å². The second kappa shape index (κ2) is 7.57. The highest BCUT2D eigenvalue weighted by Crippen LogP contribution is 2.47. The topological polar surface area (TPSA) is 85.1 Å². The number of hydrogen-bond acceptors (Lipinski definition) is 4. The van der Waals surface area contributed by atoms with Crippen LogP contribution < -0.4 is 11.1 Å². The highest BCUT2D eigenvalue weighted by atomic mass is 32.2. The van der Waals surface area contributed by atoms with Crippen LogP contribution in [0, 0.1) is 12.7 Å². The first-order chi connectivity index (χ1) is 13.2. The van der Waals surface area contributed by atoms with Crippen LogP contribution in [0.3, 0.4) is 0 Å². The van der Waals surface area contributed by atoms with Crippen molar-refractivity contribution in [1.82, 2.24) is 4.98 Å². The van der Waals surface area contributed by atoms with E-state index in [0.29, 0.717) is 20.5 Å². The summed E-state index contributed by atoms with van der Waals surface area (Å²) in [5, 5.41) is 3.06. The van der Waals surface area contributed by atoms with Crippen molar-refractivity contribution in [3.05, 3.63) is 71.3 Å². The summed E-state index contributed by atoms with van der Waals surface area (Å²) in [6.45, 7) is 1.72. The van der Waals surface area contributed by atoms with E-state index in [1.807, 2.05) is 0 Å². The third-order valence-corrected chi connectivity index (χ3v) is 8.22. The van der Waals surface area contributed by atoms with Crippen molar-refractivity contribution in [1.29, 1.82) is 0 Å². The number of amides is 2. The van der Waals surface area contributed by atoms with Crippen molar-refractivity contribution in [2.45, 2.75) is 16.0 Å². The van der Waals surface area contributed by atoms with Crippen molar-refractivity contribution < 1.29 is 14.0 Å². The lowest BCUT2D eigenvalue weighted by molar-refractivity contribution is 0.100. The number of thiophene rings is 1. The Morgan fingerprint density at radius 3 is 2.46 bits per heavy atom. The lowest BCUT2D eigenvalue weighted by Crippen LogP contribution is -2.17. The molecule has 0 saturated carbocycles. The quantitative estimate of drug-likeness (QED) is 0.617. The van der Waals surface area contributed by atoms with Crippen LogP contribution in [0.25, 0.3) is 0 Å². The van der Waals surface area contributed by atoms with Gasteiger partial charge in [-0.25, -0.2) is 4.39 Å². The Morgan fingerprint density at radius 2 is 1.86 bits per heavy atom. The van der Waals surface area contributed by atoms with Gasteiger partial charge in [0.05, 0.1) is 15.3 Å². The van der Waals surface area contributed by atoms with Crippen LogP contribution in [0.1, 0.15) is 26.4 Å². The summed E-state index contributed by atoms with van der Waals surface area (Å²) in [6, 6.07) is 10.8. The van der Waals surface area contributed by atoms with Crippen molar-refractivity contribution in [3.8, 4) is 0 Å². The summed E-state index contributed by atoms with van der Waals surface area (Å²) in [5.41, 5.74) is 6.64. The van der Waals surface area contributed by atoms with Gasteiger partial charge in [0.15, 0.2) is 0 Å². The molecule has 144 valence electrons. The van der Waals surface area contributed by atoms with E-state index in [2.05, 4.69) is 22.0 Å². The fourth-order valence-electron chi connectivity index (χ4n) is 2.54. The minimum Gasteiger partial charge on any atom is -0.366 e. The fourth-order valence-corrected chi connectivity index (χ4v) is 5.74. The molecule has 3 rings (SSSR count). The second-order valence-corrected chi connectivity index (χ2v) is 10.1. The lowest BCUT2D eigenvalue weighted by Gasteiger charge is -2.12. The molecule has 0 aliphatic rings. The van der Waals surface area contributed by atoms with Crippen molar-refractivity contribution in [2.24, 2.45) is 5.73 Å². The molecule has 0 spiro atoms. The van der Waals surface area contributed by atoms with Gasteiger partial charge in [0.1, 0.15) is 10.8 Å². The molecule has 2 aromatic heterocycles. The average Bonchev–Trinajstić information content (AvgIpc) is 3.07. The van der Waals surface area contributed by atoms with E-state index in [1.165, 1.54) is 23.5 Å². The first-order valence-electron chi connectivity index (χ1n) is 8.12. The summed E-state index contributed by atoms with van der Waals surface area (Å²) in [7, 11) is -2.02. The number of aryl methyl sites for hydroxylation is 1. The Hall–Kier alpha value is -2.97. The largest absolute Gasteiger partial charge is 0.366 e. The first kappa shape index (κ1) is 19.8. The Morgan fingerprint density at radius 1 is 1.18 bits per heavy atom. The number of primary amides is 1. The molecule has 0 saturated heterocycles. The number of carbonyl (C=O) groups is 2. The minimum absolute atomic E-state index is 0.182. The van der Waals surface area contributed by atoms with Crippen LogP contribution in [0.5, 0.6) is 0 Å². The molecule has 0 aliphatic carbocycles. The number of halogens is 1. The van der Waals surface area contributed by atoms with Gasteiger partial charge in [0.25, 0.3) is 11.8 Å². The Labute approximate surface area is 166 Å². The van der Waals surface area contributed by atoms with Gasteiger partial charge in [-0.3, -0.25) is 14.6 Å². The normalized spacial score (nSPS) is 11.2. The predicted molar refractivity (Wildman–Crippen MR) is 115 cm³/mol. The standard InChI is InChI=1S/C20H18FN3O2S2/c1-12-15(5-4-10-23-12)19(26)24-20-16(18(22)25)11-17(27-20)28(2,3)14-8-6-13(21)7-9-14/h4-11H,2-3H2,1H3,(H2,22,25)(H,24,26). The molecule has 2 amide bonds. The van der Waals surface area contributed by atoms with Gasteiger partial charge in [-0.1, -0.05) is 11.7 Å². The molecule has 2 heterocycles. The van der Waals surface area contributed by atoms with E-state index < -0.39 is 21.0 Å². The van der Waals surface area contributed by atoms with Gasteiger partial charge < -0.3 is 11.1 Å². The Balaban J connectivity index is 2.01. The van der Waals surface area contributed by atoms with Gasteiger partial charge in [-0.2, -0.15) is 9.21 Å². The molecular weight excluding hydrogens is 397 g/mol. The maximum absolute atomic E-state index is 13.2. The number of benzene rings is 1. The second-order valence-electron chi connectivity index (χ2n) is 6.10. The van der Waals surface area contributed by atoms with E-state index >= 15 is 0 Å². The van der Waals surface area contributed by atoms with Crippen LogP contribution in [0.2, 0.25) is 0 Å². The number of aromatic nitrogens is 1. The van der Waals surface area contributed by atoms with E-state index in [-0.39, 0.29) is 11.4 Å². The van der Waals surface area contributed by atoms with Gasteiger partial charge in [0.2, 0.25) is 0 Å². The number of pyridine rings is 1. The molecule has 1 aromatic carbocycles. The highest BCUT2D eigenvalue weighted by molar-refractivity contribution is 8.29. The Bertz CT molecular complexity index is 1170. The maximum Gasteiger partial charge on any atom is 0.258 e. The molecule has 3 N–H and O–H groups in total. The molecule has 0 fully saturated rings. The number of nitrogens with two attached hydrogens (primary N) is 1. The number of hydrogen-bond donors (Lipinski definition) is 2. The minimum atomic E-state index is -2.02. The molecule has 0 atom stereocenters. The molecule has 0 aliphatic heterocycles. The van der Waals surface area contributed by atoms with E-state index in [1.54, 1.807) is 43.5 Å². The molecule has 8 heteroatoms. The molecule has 28 heavy (non-hydrogen) atoms. The lowest BCUT2D eigenvalue weighted by atomic mass is 10.2. The fraction of sp³-hybridized carbons (Fsp3) is 0.0500. The summed E-state index contributed by atoms with van der Waals surface area (Å²) in [5.74, 6) is 6.96. The molecule has 0 unspecified atom stereocenters. The van der Waals surface area contributed by atoms with Crippen LogP contribution in [0.15, 0.2) is 57.8 Å². The molecule has 0 bridgehead atoms. The number of nitrogens with one attached hydrogen (secondary N) is 1. The number of anilines is 1. The molecule has 5 nitrogen and oxygen atoms in total. The average molecular weight is 416 g/mol. The molecule has 0 radical (unpaired) electrons. The van der Waals surface area contributed by atoms with Crippen LogP contribution in [-0.4, -0.2) is 28.5 Å². The van der Waals surface area contributed by atoms with Gasteiger partial charge in [-0.05, 0) is 49.4 Å². The summed E-state index contributed by atoms with van der Waals surface area (Å²) >= 11 is 1.19. The zero-order valence-electron chi connectivity index (χ0n) is 15.1. The van der Waals surface area contributed by atoms with Crippen LogP contribution in [-0.2, 0) is 0 Å². The SMILES string of the molecule is C=S(=C)(c1ccc(F)cc1)c1cc(C(N)=O)c(NC(=O)c2cccnc2C)s1. The summed E-state index contributed by atoms with van der Waals surface area (Å²) < 4.78 is 13.9. The third-order valence-electron chi connectivity index (χ3n) is 4.10. The number of nitrogens with zero attached hydrogens (tertiary/aromatic N) is 1. The van der Waals surface area contributed by atoms with Crippen LogP contribution >= 0.6 is 20.5 Å². The van der Waals surface area contributed by atoms with Gasteiger partial charge in [0, 0.05) is 16.8 Å². The zero-order chi connectivity index (χ0) is 20.5.